The molecule has 6 nitrogen and oxygen atoms in total. The molecule has 1 aromatic carbocycles. The summed E-state index contributed by atoms with van der Waals surface area (Å²) in [7, 11) is 0. The fraction of sp³-hybridized carbons (Fsp3) is 0.0769. The molecule has 0 fully saturated rings. The normalized spacial score (nSPS) is 10.2. The van der Waals surface area contributed by atoms with Gasteiger partial charge in [0.05, 0.1) is 10.6 Å². The zero-order valence-corrected chi connectivity index (χ0v) is 10.2. The van der Waals surface area contributed by atoms with Crippen LogP contribution < -0.4 is 5.73 Å². The SMILES string of the molecule is Cc1nc(-c2ccccc2)cc(C(N)=O)c1[N+](=O)[O-]. The molecule has 0 aliphatic rings. The first-order chi connectivity index (χ1) is 9.00. The minimum absolute atomic E-state index is 0.128. The summed E-state index contributed by atoms with van der Waals surface area (Å²) in [4.78, 5) is 25.8. The van der Waals surface area contributed by atoms with Crippen LogP contribution >= 0.6 is 0 Å². The lowest BCUT2D eigenvalue weighted by molar-refractivity contribution is -0.386. The van der Waals surface area contributed by atoms with Gasteiger partial charge in [-0.1, -0.05) is 30.3 Å². The van der Waals surface area contributed by atoms with Crippen LogP contribution in [-0.2, 0) is 0 Å². The number of amides is 1. The molecule has 0 aliphatic heterocycles. The van der Waals surface area contributed by atoms with Crippen molar-refractivity contribution in [1.82, 2.24) is 4.98 Å². The van der Waals surface area contributed by atoms with Gasteiger partial charge in [0.15, 0.2) is 0 Å². The average Bonchev–Trinajstić information content (AvgIpc) is 2.38. The number of aryl methyl sites for hydroxylation is 1. The lowest BCUT2D eigenvalue weighted by atomic mass is 10.1. The van der Waals surface area contributed by atoms with Gasteiger partial charge in [-0.3, -0.25) is 14.9 Å². The molecule has 96 valence electrons. The smallest absolute Gasteiger partial charge is 0.303 e. The second-order valence-electron chi connectivity index (χ2n) is 3.98. The quantitative estimate of drug-likeness (QED) is 0.671. The molecule has 1 amide bonds. The van der Waals surface area contributed by atoms with E-state index >= 15 is 0 Å². The topological polar surface area (TPSA) is 99.1 Å². The molecule has 0 atom stereocenters. The summed E-state index contributed by atoms with van der Waals surface area (Å²) in [6.07, 6.45) is 0. The lowest BCUT2D eigenvalue weighted by Gasteiger charge is -2.06. The monoisotopic (exact) mass is 257 g/mol. The number of nitro groups is 1. The van der Waals surface area contributed by atoms with Crippen LogP contribution in [0, 0.1) is 17.0 Å². The van der Waals surface area contributed by atoms with Gasteiger partial charge in [-0.2, -0.15) is 0 Å². The molecular formula is C13H11N3O3. The number of rotatable bonds is 3. The van der Waals surface area contributed by atoms with Crippen molar-refractivity contribution in [3.8, 4) is 11.3 Å². The first-order valence-corrected chi connectivity index (χ1v) is 5.52. The Bertz CT molecular complexity index is 654. The van der Waals surface area contributed by atoms with Crippen molar-refractivity contribution in [3.05, 3.63) is 57.8 Å². The molecule has 1 aromatic heterocycles. The van der Waals surface area contributed by atoms with Crippen LogP contribution in [0.4, 0.5) is 5.69 Å². The maximum atomic E-state index is 11.4. The van der Waals surface area contributed by atoms with E-state index in [9.17, 15) is 14.9 Å². The molecule has 0 aliphatic carbocycles. The van der Waals surface area contributed by atoms with Crippen molar-refractivity contribution >= 4 is 11.6 Å². The number of hydrogen-bond acceptors (Lipinski definition) is 4. The number of primary amides is 1. The first-order valence-electron chi connectivity index (χ1n) is 5.52. The molecule has 2 rings (SSSR count). The number of nitrogens with two attached hydrogens (primary N) is 1. The van der Waals surface area contributed by atoms with Crippen LogP contribution in [-0.4, -0.2) is 15.8 Å². The molecular weight excluding hydrogens is 246 g/mol. The number of benzene rings is 1. The fourth-order valence-corrected chi connectivity index (χ4v) is 1.84. The van der Waals surface area contributed by atoms with E-state index in [4.69, 9.17) is 5.73 Å². The Labute approximate surface area is 109 Å². The van der Waals surface area contributed by atoms with Gasteiger partial charge in [-0.15, -0.1) is 0 Å². The Hall–Kier alpha value is -2.76. The molecule has 0 spiro atoms. The molecule has 0 saturated carbocycles. The van der Waals surface area contributed by atoms with Crippen molar-refractivity contribution in [2.45, 2.75) is 6.92 Å². The number of hydrogen-bond donors (Lipinski definition) is 1. The Morgan fingerprint density at radius 2 is 1.95 bits per heavy atom. The van der Waals surface area contributed by atoms with Gasteiger partial charge >= 0.3 is 5.69 Å². The minimum atomic E-state index is -0.839. The first kappa shape index (κ1) is 12.7. The van der Waals surface area contributed by atoms with Gasteiger partial charge in [0.2, 0.25) is 0 Å². The van der Waals surface area contributed by atoms with Gasteiger partial charge in [0.25, 0.3) is 5.91 Å². The van der Waals surface area contributed by atoms with E-state index in [1.165, 1.54) is 13.0 Å². The maximum Gasteiger partial charge on any atom is 0.303 e. The van der Waals surface area contributed by atoms with Crippen molar-refractivity contribution in [2.75, 3.05) is 0 Å². The van der Waals surface area contributed by atoms with Gasteiger partial charge in [0.1, 0.15) is 11.3 Å². The van der Waals surface area contributed by atoms with Crippen LogP contribution in [0.25, 0.3) is 11.3 Å². The van der Waals surface area contributed by atoms with Crippen molar-refractivity contribution < 1.29 is 9.72 Å². The van der Waals surface area contributed by atoms with E-state index in [1.807, 2.05) is 18.2 Å². The standard InChI is InChI=1S/C13H11N3O3/c1-8-12(16(18)19)10(13(14)17)7-11(15-8)9-5-3-2-4-6-9/h2-7H,1H3,(H2,14,17). The Balaban J connectivity index is 2.68. The zero-order chi connectivity index (χ0) is 14.0. The Kier molecular flexibility index (Phi) is 3.24. The summed E-state index contributed by atoms with van der Waals surface area (Å²) in [5.74, 6) is -0.839. The van der Waals surface area contributed by atoms with E-state index in [0.29, 0.717) is 5.69 Å². The van der Waals surface area contributed by atoms with Crippen molar-refractivity contribution in [1.29, 1.82) is 0 Å². The predicted molar refractivity (Wildman–Crippen MR) is 69.6 cm³/mol. The highest BCUT2D eigenvalue weighted by atomic mass is 16.6. The summed E-state index contributed by atoms with van der Waals surface area (Å²) in [5, 5.41) is 11.0. The summed E-state index contributed by atoms with van der Waals surface area (Å²) in [5.41, 5.74) is 6.15. The number of pyridine rings is 1. The maximum absolute atomic E-state index is 11.4. The Morgan fingerprint density at radius 3 is 2.47 bits per heavy atom. The van der Waals surface area contributed by atoms with E-state index in [2.05, 4.69) is 4.98 Å². The van der Waals surface area contributed by atoms with Crippen LogP contribution in [0.5, 0.6) is 0 Å². The zero-order valence-electron chi connectivity index (χ0n) is 10.2. The van der Waals surface area contributed by atoms with Crippen LogP contribution in [0.1, 0.15) is 16.1 Å². The second-order valence-corrected chi connectivity index (χ2v) is 3.98. The van der Waals surface area contributed by atoms with E-state index in [0.717, 1.165) is 5.56 Å². The third kappa shape index (κ3) is 2.42. The predicted octanol–water partition coefficient (Wildman–Crippen LogP) is 2.06. The lowest BCUT2D eigenvalue weighted by Crippen LogP contribution is -2.15. The van der Waals surface area contributed by atoms with E-state index < -0.39 is 10.8 Å². The minimum Gasteiger partial charge on any atom is -0.365 e. The average molecular weight is 257 g/mol. The second kappa shape index (κ2) is 4.85. The number of nitrogens with zero attached hydrogens (tertiary/aromatic N) is 2. The summed E-state index contributed by atoms with van der Waals surface area (Å²) in [6, 6.07) is 10.4. The summed E-state index contributed by atoms with van der Waals surface area (Å²) < 4.78 is 0. The van der Waals surface area contributed by atoms with Crippen molar-refractivity contribution in [3.63, 3.8) is 0 Å². The van der Waals surface area contributed by atoms with Gasteiger partial charge < -0.3 is 5.73 Å². The molecule has 19 heavy (non-hydrogen) atoms. The highest BCUT2D eigenvalue weighted by molar-refractivity contribution is 5.98. The summed E-state index contributed by atoms with van der Waals surface area (Å²) in [6.45, 7) is 1.48. The van der Waals surface area contributed by atoms with Crippen LogP contribution in [0.2, 0.25) is 0 Å². The largest absolute Gasteiger partial charge is 0.365 e. The number of carbonyl (C=O) groups excluding carboxylic acids is 1. The highest BCUT2D eigenvalue weighted by Gasteiger charge is 2.23. The molecule has 1 heterocycles. The molecule has 0 saturated heterocycles. The molecule has 0 unspecified atom stereocenters. The van der Waals surface area contributed by atoms with E-state index in [-0.39, 0.29) is 16.9 Å². The third-order valence-corrected chi connectivity index (χ3v) is 2.68. The van der Waals surface area contributed by atoms with Crippen LogP contribution in [0.3, 0.4) is 0 Å². The van der Waals surface area contributed by atoms with Gasteiger partial charge in [0, 0.05) is 5.56 Å². The molecule has 0 radical (unpaired) electrons. The number of aromatic nitrogens is 1. The molecule has 6 heteroatoms. The molecule has 2 aromatic rings. The number of carbonyl (C=O) groups is 1. The summed E-state index contributed by atoms with van der Waals surface area (Å²) >= 11 is 0. The van der Waals surface area contributed by atoms with Crippen molar-refractivity contribution in [2.24, 2.45) is 5.73 Å². The Morgan fingerprint density at radius 1 is 1.32 bits per heavy atom. The van der Waals surface area contributed by atoms with E-state index in [1.54, 1.807) is 12.1 Å². The molecule has 2 N–H and O–H groups in total. The van der Waals surface area contributed by atoms with Gasteiger partial charge in [-0.25, -0.2) is 4.98 Å². The van der Waals surface area contributed by atoms with Gasteiger partial charge in [-0.05, 0) is 13.0 Å². The van der Waals surface area contributed by atoms with Crippen LogP contribution in [0.15, 0.2) is 36.4 Å². The highest BCUT2D eigenvalue weighted by Crippen LogP contribution is 2.27. The third-order valence-electron chi connectivity index (χ3n) is 2.68. The fourth-order valence-electron chi connectivity index (χ4n) is 1.84. The molecule has 0 bridgehead atoms.